The van der Waals surface area contributed by atoms with Gasteiger partial charge in [0.05, 0.1) is 0 Å². The molecular formula is C18H21NO. The maximum Gasteiger partial charge on any atom is 0.243 e. The van der Waals surface area contributed by atoms with E-state index in [9.17, 15) is 4.79 Å². The standard InChI is InChI=1S/C18H21NO/c1-4-5-6-7-8-9-10-11-12-13-14-15-18(20)19-16-17(2)3/h4-5,10-15,17H,16H2,1-3H3,(H,19,20). The highest BCUT2D eigenvalue weighted by molar-refractivity contribution is 5.87. The van der Waals surface area contributed by atoms with Gasteiger partial charge in [-0.05, 0) is 36.8 Å². The van der Waals surface area contributed by atoms with Crippen LogP contribution in [0.25, 0.3) is 0 Å². The average molecular weight is 267 g/mol. The average Bonchev–Trinajstić information content (AvgIpc) is 2.42. The van der Waals surface area contributed by atoms with Crippen LogP contribution in [-0.2, 0) is 4.79 Å². The first-order valence-corrected chi connectivity index (χ1v) is 6.56. The SMILES string of the molecule is CC=CC#CC#CC=CC=CC=CC(=O)NCC(C)C. The fraction of sp³-hybridized carbons (Fsp3) is 0.278. The van der Waals surface area contributed by atoms with Crippen LogP contribution in [0.4, 0.5) is 0 Å². The third-order valence-electron chi connectivity index (χ3n) is 1.90. The van der Waals surface area contributed by atoms with Crippen LogP contribution < -0.4 is 5.32 Å². The molecule has 104 valence electrons. The van der Waals surface area contributed by atoms with Crippen molar-refractivity contribution >= 4 is 5.91 Å². The molecule has 0 aliphatic rings. The van der Waals surface area contributed by atoms with E-state index < -0.39 is 0 Å². The lowest BCUT2D eigenvalue weighted by Crippen LogP contribution is -2.25. The largest absolute Gasteiger partial charge is 0.352 e. The quantitative estimate of drug-likeness (QED) is 0.463. The summed E-state index contributed by atoms with van der Waals surface area (Å²) in [6.07, 6.45) is 13.9. The monoisotopic (exact) mass is 267 g/mol. The van der Waals surface area contributed by atoms with Crippen LogP contribution in [0.1, 0.15) is 20.8 Å². The Morgan fingerprint density at radius 1 is 1.05 bits per heavy atom. The van der Waals surface area contributed by atoms with Crippen molar-refractivity contribution in [2.24, 2.45) is 5.92 Å². The Kier molecular flexibility index (Phi) is 11.4. The summed E-state index contributed by atoms with van der Waals surface area (Å²) >= 11 is 0. The summed E-state index contributed by atoms with van der Waals surface area (Å²) in [7, 11) is 0. The number of hydrogen-bond acceptors (Lipinski definition) is 1. The number of allylic oxidation sites excluding steroid dienone is 7. The molecule has 20 heavy (non-hydrogen) atoms. The predicted octanol–water partition coefficient (Wildman–Crippen LogP) is 3.01. The number of amides is 1. The van der Waals surface area contributed by atoms with E-state index >= 15 is 0 Å². The van der Waals surface area contributed by atoms with Crippen molar-refractivity contribution in [1.82, 2.24) is 5.32 Å². The first kappa shape index (κ1) is 17.6. The number of hydrogen-bond donors (Lipinski definition) is 1. The van der Waals surface area contributed by atoms with Gasteiger partial charge in [-0.1, -0.05) is 56.1 Å². The summed E-state index contributed by atoms with van der Waals surface area (Å²) in [6, 6.07) is 0. The van der Waals surface area contributed by atoms with Crippen molar-refractivity contribution in [3.63, 3.8) is 0 Å². The molecule has 0 atom stereocenters. The first-order chi connectivity index (χ1) is 9.66. The number of rotatable bonds is 5. The molecule has 0 aliphatic heterocycles. The molecule has 2 nitrogen and oxygen atoms in total. The second kappa shape index (κ2) is 13.0. The van der Waals surface area contributed by atoms with Crippen LogP contribution in [0.3, 0.4) is 0 Å². The smallest absolute Gasteiger partial charge is 0.243 e. The van der Waals surface area contributed by atoms with Gasteiger partial charge >= 0.3 is 0 Å². The van der Waals surface area contributed by atoms with Crippen molar-refractivity contribution in [2.45, 2.75) is 20.8 Å². The first-order valence-electron chi connectivity index (χ1n) is 6.56. The van der Waals surface area contributed by atoms with E-state index in [2.05, 4.69) is 42.8 Å². The molecule has 0 spiro atoms. The van der Waals surface area contributed by atoms with E-state index in [1.807, 2.05) is 13.0 Å². The summed E-state index contributed by atoms with van der Waals surface area (Å²) in [6.45, 7) is 6.71. The molecule has 0 heterocycles. The molecule has 1 amide bonds. The third kappa shape index (κ3) is 13.6. The van der Waals surface area contributed by atoms with Gasteiger partial charge in [0.2, 0.25) is 5.91 Å². The summed E-state index contributed by atoms with van der Waals surface area (Å²) in [5.41, 5.74) is 0. The van der Waals surface area contributed by atoms with Crippen LogP contribution in [0.15, 0.2) is 48.6 Å². The van der Waals surface area contributed by atoms with Crippen molar-refractivity contribution in [3.05, 3.63) is 48.6 Å². The Labute approximate surface area is 122 Å². The van der Waals surface area contributed by atoms with Gasteiger partial charge in [-0.3, -0.25) is 4.79 Å². The highest BCUT2D eigenvalue weighted by Gasteiger charge is 1.95. The molecule has 0 radical (unpaired) electrons. The van der Waals surface area contributed by atoms with Crippen molar-refractivity contribution in [2.75, 3.05) is 6.54 Å². The second-order valence-corrected chi connectivity index (χ2v) is 4.28. The zero-order valence-corrected chi connectivity index (χ0v) is 12.3. The normalized spacial score (nSPS) is 11.0. The predicted molar refractivity (Wildman–Crippen MR) is 85.6 cm³/mol. The van der Waals surface area contributed by atoms with Crippen LogP contribution in [-0.4, -0.2) is 12.5 Å². The molecule has 2 heteroatoms. The topological polar surface area (TPSA) is 29.1 Å². The van der Waals surface area contributed by atoms with E-state index in [1.54, 1.807) is 36.5 Å². The molecular weight excluding hydrogens is 246 g/mol. The zero-order valence-electron chi connectivity index (χ0n) is 12.3. The minimum absolute atomic E-state index is 0.0774. The van der Waals surface area contributed by atoms with Gasteiger partial charge in [0.1, 0.15) is 0 Å². The van der Waals surface area contributed by atoms with E-state index in [1.165, 1.54) is 6.08 Å². The van der Waals surface area contributed by atoms with Crippen LogP contribution >= 0.6 is 0 Å². The van der Waals surface area contributed by atoms with E-state index in [-0.39, 0.29) is 5.91 Å². The zero-order chi connectivity index (χ0) is 15.1. The Hall–Kier alpha value is -2.45. The fourth-order valence-electron chi connectivity index (χ4n) is 0.977. The molecule has 1 N–H and O–H groups in total. The highest BCUT2D eigenvalue weighted by Crippen LogP contribution is 1.87. The van der Waals surface area contributed by atoms with Crippen LogP contribution in [0.5, 0.6) is 0 Å². The number of nitrogens with one attached hydrogen (secondary N) is 1. The summed E-state index contributed by atoms with van der Waals surface area (Å²) < 4.78 is 0. The van der Waals surface area contributed by atoms with Gasteiger partial charge in [-0.15, -0.1) is 0 Å². The van der Waals surface area contributed by atoms with Crippen molar-refractivity contribution in [3.8, 4) is 23.7 Å². The molecule has 0 aromatic rings. The van der Waals surface area contributed by atoms with Gasteiger partial charge in [0.25, 0.3) is 0 Å². The fourth-order valence-corrected chi connectivity index (χ4v) is 0.977. The van der Waals surface area contributed by atoms with Crippen LogP contribution in [0.2, 0.25) is 0 Å². The third-order valence-corrected chi connectivity index (χ3v) is 1.90. The summed E-state index contributed by atoms with van der Waals surface area (Å²) in [5.74, 6) is 11.3. The lowest BCUT2D eigenvalue weighted by molar-refractivity contribution is -0.116. The van der Waals surface area contributed by atoms with Gasteiger partial charge < -0.3 is 5.32 Å². The molecule has 0 aromatic heterocycles. The maximum atomic E-state index is 11.3. The van der Waals surface area contributed by atoms with Crippen molar-refractivity contribution < 1.29 is 4.79 Å². The van der Waals surface area contributed by atoms with Gasteiger partial charge in [0.15, 0.2) is 0 Å². The molecule has 0 fully saturated rings. The molecule has 0 rings (SSSR count). The van der Waals surface area contributed by atoms with Gasteiger partial charge in [-0.2, -0.15) is 0 Å². The maximum absolute atomic E-state index is 11.3. The molecule has 0 saturated heterocycles. The van der Waals surface area contributed by atoms with E-state index in [0.29, 0.717) is 12.5 Å². The number of carbonyl (C=O) groups is 1. The number of carbonyl (C=O) groups excluding carboxylic acids is 1. The minimum atomic E-state index is -0.0774. The molecule has 0 aliphatic carbocycles. The van der Waals surface area contributed by atoms with Crippen LogP contribution in [0, 0.1) is 29.6 Å². The highest BCUT2D eigenvalue weighted by atomic mass is 16.1. The lowest BCUT2D eigenvalue weighted by Gasteiger charge is -2.03. The molecule has 0 bridgehead atoms. The van der Waals surface area contributed by atoms with Gasteiger partial charge in [0, 0.05) is 12.6 Å². The Morgan fingerprint density at radius 3 is 2.35 bits per heavy atom. The molecule has 0 unspecified atom stereocenters. The Bertz CT molecular complexity index is 511. The van der Waals surface area contributed by atoms with E-state index in [0.717, 1.165) is 0 Å². The minimum Gasteiger partial charge on any atom is -0.352 e. The Balaban J connectivity index is 3.97. The van der Waals surface area contributed by atoms with E-state index in [4.69, 9.17) is 0 Å². The summed E-state index contributed by atoms with van der Waals surface area (Å²) in [5, 5.41) is 2.80. The Morgan fingerprint density at radius 2 is 1.70 bits per heavy atom. The summed E-state index contributed by atoms with van der Waals surface area (Å²) in [4.78, 5) is 11.3. The second-order valence-electron chi connectivity index (χ2n) is 4.28. The molecule has 0 aromatic carbocycles. The van der Waals surface area contributed by atoms with Crippen molar-refractivity contribution in [1.29, 1.82) is 0 Å². The van der Waals surface area contributed by atoms with Gasteiger partial charge in [-0.25, -0.2) is 0 Å². The molecule has 0 saturated carbocycles. The lowest BCUT2D eigenvalue weighted by atomic mass is 10.2.